The average molecular weight is 305 g/mol. The van der Waals surface area contributed by atoms with Gasteiger partial charge in [0.1, 0.15) is 0 Å². The molecule has 0 amide bonds. The molecular weight excluding hydrogens is 274 g/mol. The summed E-state index contributed by atoms with van der Waals surface area (Å²) in [7, 11) is 0. The van der Waals surface area contributed by atoms with Crippen molar-refractivity contribution in [2.24, 2.45) is 11.8 Å². The van der Waals surface area contributed by atoms with Crippen LogP contribution in [0.1, 0.15) is 64.1 Å². The van der Waals surface area contributed by atoms with E-state index in [1.54, 1.807) is 0 Å². The smallest absolute Gasteiger partial charge is 0.255 e. The lowest BCUT2D eigenvalue weighted by atomic mass is 9.92. The average Bonchev–Trinajstić information content (AvgIpc) is 2.44. The molecule has 4 heteroatoms. The monoisotopic (exact) mass is 305 g/mol. The predicted octanol–water partition coefficient (Wildman–Crippen LogP) is 3.68. The molecule has 1 aromatic rings. The van der Waals surface area contributed by atoms with Crippen LogP contribution in [-0.2, 0) is 6.42 Å². The minimum Gasteiger partial charge on any atom is -0.342 e. The molecule has 1 aromatic heterocycles. The molecule has 2 heterocycles. The maximum atomic E-state index is 12.4. The maximum absolute atomic E-state index is 12.4. The summed E-state index contributed by atoms with van der Waals surface area (Å²) in [5.41, 5.74) is 1.84. The van der Waals surface area contributed by atoms with E-state index in [0.29, 0.717) is 11.8 Å². The minimum absolute atomic E-state index is 0.0601. The van der Waals surface area contributed by atoms with Gasteiger partial charge < -0.3 is 4.90 Å². The van der Waals surface area contributed by atoms with Gasteiger partial charge in [0.25, 0.3) is 5.56 Å². The highest BCUT2D eigenvalue weighted by molar-refractivity contribution is 5.34. The number of piperidine rings is 1. The standard InChI is InChI=1S/C18H31N3O/c1-5-6-7-8-9-16-15(4)19-18(20-17(16)22)21-11-13(2)10-14(3)12-21/h13-14H,5-12H2,1-4H3,(H,19,20,22)/t13-,14-/m1/s1. The lowest BCUT2D eigenvalue weighted by molar-refractivity contribution is 0.353. The quantitative estimate of drug-likeness (QED) is 0.816. The molecule has 1 saturated heterocycles. The van der Waals surface area contributed by atoms with Gasteiger partial charge in [-0.05, 0) is 38.0 Å². The predicted molar refractivity (Wildman–Crippen MR) is 92.6 cm³/mol. The Balaban J connectivity index is 2.10. The Bertz CT molecular complexity index is 528. The number of hydrogen-bond donors (Lipinski definition) is 1. The Kier molecular flexibility index (Phi) is 6.04. The zero-order valence-electron chi connectivity index (χ0n) is 14.6. The van der Waals surface area contributed by atoms with E-state index in [9.17, 15) is 4.79 Å². The Labute approximate surface area is 134 Å². The van der Waals surface area contributed by atoms with Crippen molar-refractivity contribution in [3.8, 4) is 0 Å². The summed E-state index contributed by atoms with van der Waals surface area (Å²) in [6, 6.07) is 0. The summed E-state index contributed by atoms with van der Waals surface area (Å²) in [5, 5.41) is 0. The third-order valence-corrected chi connectivity index (χ3v) is 4.66. The van der Waals surface area contributed by atoms with Crippen molar-refractivity contribution in [1.82, 2.24) is 9.97 Å². The van der Waals surface area contributed by atoms with Gasteiger partial charge in [-0.25, -0.2) is 4.98 Å². The van der Waals surface area contributed by atoms with Gasteiger partial charge in [-0.1, -0.05) is 40.0 Å². The number of hydrogen-bond acceptors (Lipinski definition) is 3. The summed E-state index contributed by atoms with van der Waals surface area (Å²) in [6.45, 7) is 10.7. The molecule has 0 radical (unpaired) electrons. The van der Waals surface area contributed by atoms with Crippen LogP contribution >= 0.6 is 0 Å². The van der Waals surface area contributed by atoms with Gasteiger partial charge in [-0.2, -0.15) is 0 Å². The van der Waals surface area contributed by atoms with Crippen LogP contribution in [0.5, 0.6) is 0 Å². The van der Waals surface area contributed by atoms with Crippen LogP contribution in [0.25, 0.3) is 0 Å². The molecule has 1 aliphatic heterocycles. The normalized spacial score (nSPS) is 22.1. The van der Waals surface area contributed by atoms with Crippen molar-refractivity contribution in [3.63, 3.8) is 0 Å². The summed E-state index contributed by atoms with van der Waals surface area (Å²) in [4.78, 5) is 22.4. The van der Waals surface area contributed by atoms with Crippen molar-refractivity contribution in [2.75, 3.05) is 18.0 Å². The maximum Gasteiger partial charge on any atom is 0.255 e. The number of rotatable bonds is 6. The van der Waals surface area contributed by atoms with Crippen LogP contribution < -0.4 is 10.5 Å². The van der Waals surface area contributed by atoms with Crippen molar-refractivity contribution in [2.45, 2.75) is 66.2 Å². The zero-order chi connectivity index (χ0) is 16.1. The molecule has 2 rings (SSSR count). The Hall–Kier alpha value is -1.32. The highest BCUT2D eigenvalue weighted by Gasteiger charge is 2.24. The summed E-state index contributed by atoms with van der Waals surface area (Å²) < 4.78 is 0. The second kappa shape index (κ2) is 7.80. The molecule has 0 bridgehead atoms. The van der Waals surface area contributed by atoms with E-state index in [0.717, 1.165) is 43.1 Å². The number of aromatic nitrogens is 2. The van der Waals surface area contributed by atoms with Crippen LogP contribution in [0, 0.1) is 18.8 Å². The molecule has 124 valence electrons. The molecule has 0 aromatic carbocycles. The summed E-state index contributed by atoms with van der Waals surface area (Å²) in [5.74, 6) is 2.07. The highest BCUT2D eigenvalue weighted by atomic mass is 16.1. The fourth-order valence-corrected chi connectivity index (χ4v) is 3.60. The molecule has 1 aliphatic rings. The number of nitrogens with one attached hydrogen (secondary N) is 1. The second-order valence-corrected chi connectivity index (χ2v) is 7.12. The lowest BCUT2D eigenvalue weighted by Crippen LogP contribution is -2.40. The highest BCUT2D eigenvalue weighted by Crippen LogP contribution is 2.23. The molecule has 0 unspecified atom stereocenters. The molecule has 1 N–H and O–H groups in total. The van der Waals surface area contributed by atoms with Crippen molar-refractivity contribution >= 4 is 5.95 Å². The van der Waals surface area contributed by atoms with Crippen molar-refractivity contribution in [3.05, 3.63) is 21.6 Å². The van der Waals surface area contributed by atoms with Crippen molar-refractivity contribution < 1.29 is 0 Å². The SMILES string of the molecule is CCCCCCc1c(C)nc(N2C[C@H](C)C[C@@H](C)C2)[nH]c1=O. The summed E-state index contributed by atoms with van der Waals surface area (Å²) >= 11 is 0. The van der Waals surface area contributed by atoms with E-state index in [2.05, 4.69) is 30.7 Å². The first-order chi connectivity index (χ1) is 10.5. The van der Waals surface area contributed by atoms with Gasteiger partial charge in [-0.3, -0.25) is 9.78 Å². The van der Waals surface area contributed by atoms with E-state index >= 15 is 0 Å². The molecule has 0 saturated carbocycles. The Morgan fingerprint density at radius 2 is 1.86 bits per heavy atom. The zero-order valence-corrected chi connectivity index (χ0v) is 14.6. The number of aryl methyl sites for hydroxylation is 1. The van der Waals surface area contributed by atoms with E-state index in [-0.39, 0.29) is 5.56 Å². The first kappa shape index (κ1) is 17.0. The van der Waals surface area contributed by atoms with Crippen LogP contribution in [0.3, 0.4) is 0 Å². The van der Waals surface area contributed by atoms with Gasteiger partial charge >= 0.3 is 0 Å². The number of nitrogens with zero attached hydrogens (tertiary/aromatic N) is 2. The Morgan fingerprint density at radius 1 is 1.18 bits per heavy atom. The molecule has 22 heavy (non-hydrogen) atoms. The topological polar surface area (TPSA) is 49.0 Å². The first-order valence-electron chi connectivity index (χ1n) is 8.86. The second-order valence-electron chi connectivity index (χ2n) is 7.12. The van der Waals surface area contributed by atoms with Crippen LogP contribution in [0.15, 0.2) is 4.79 Å². The van der Waals surface area contributed by atoms with Gasteiger partial charge in [0.15, 0.2) is 0 Å². The molecule has 4 nitrogen and oxygen atoms in total. The third-order valence-electron chi connectivity index (χ3n) is 4.66. The number of aromatic amines is 1. The van der Waals surface area contributed by atoms with E-state index in [1.165, 1.54) is 25.7 Å². The minimum atomic E-state index is 0.0601. The first-order valence-corrected chi connectivity index (χ1v) is 8.86. The van der Waals surface area contributed by atoms with E-state index < -0.39 is 0 Å². The third kappa shape index (κ3) is 4.34. The number of unbranched alkanes of at least 4 members (excludes halogenated alkanes) is 3. The lowest BCUT2D eigenvalue weighted by Gasteiger charge is -2.35. The van der Waals surface area contributed by atoms with Gasteiger partial charge in [0.2, 0.25) is 5.95 Å². The number of anilines is 1. The molecular formula is C18H31N3O. The van der Waals surface area contributed by atoms with E-state index in [1.807, 2.05) is 6.92 Å². The largest absolute Gasteiger partial charge is 0.342 e. The molecule has 1 fully saturated rings. The summed E-state index contributed by atoms with van der Waals surface area (Å²) in [6.07, 6.45) is 6.84. The van der Waals surface area contributed by atoms with Crippen LogP contribution in [0.2, 0.25) is 0 Å². The fourth-order valence-electron chi connectivity index (χ4n) is 3.60. The van der Waals surface area contributed by atoms with Gasteiger partial charge in [0, 0.05) is 24.3 Å². The van der Waals surface area contributed by atoms with Gasteiger partial charge in [0.05, 0.1) is 0 Å². The van der Waals surface area contributed by atoms with Crippen LogP contribution in [-0.4, -0.2) is 23.1 Å². The Morgan fingerprint density at radius 3 is 2.45 bits per heavy atom. The fraction of sp³-hybridized carbons (Fsp3) is 0.778. The van der Waals surface area contributed by atoms with Crippen LogP contribution in [0.4, 0.5) is 5.95 Å². The number of H-pyrrole nitrogens is 1. The van der Waals surface area contributed by atoms with Crippen molar-refractivity contribution in [1.29, 1.82) is 0 Å². The molecule has 0 aliphatic carbocycles. The van der Waals surface area contributed by atoms with Gasteiger partial charge in [-0.15, -0.1) is 0 Å². The molecule has 0 spiro atoms. The molecule has 2 atom stereocenters. The van der Waals surface area contributed by atoms with E-state index in [4.69, 9.17) is 4.98 Å².